The average Bonchev–Trinajstić information content (AvgIpc) is 2.87. The second-order valence-electron chi connectivity index (χ2n) is 7.82. The van der Waals surface area contributed by atoms with Crippen LogP contribution in [0.15, 0.2) is 64.5 Å². The van der Waals surface area contributed by atoms with Crippen molar-refractivity contribution in [3.05, 3.63) is 87.3 Å². The van der Waals surface area contributed by atoms with Gasteiger partial charge in [0.25, 0.3) is 11.5 Å². The largest absolute Gasteiger partial charge is 0.462 e. The number of hydrogen-bond acceptors (Lipinski definition) is 6. The Morgan fingerprint density at radius 3 is 2.49 bits per heavy atom. The molecule has 0 saturated carbocycles. The zero-order valence-electron chi connectivity index (χ0n) is 19.8. The number of aromatic nitrogens is 3. The smallest absolute Gasteiger partial charge is 0.416 e. The summed E-state index contributed by atoms with van der Waals surface area (Å²) in [4.78, 5) is 47.8. The molecule has 0 atom stereocenters. The van der Waals surface area contributed by atoms with Crippen molar-refractivity contribution < 1.29 is 32.2 Å². The summed E-state index contributed by atoms with van der Waals surface area (Å²) in [6.07, 6.45) is -3.04. The van der Waals surface area contributed by atoms with Gasteiger partial charge in [0.1, 0.15) is 16.9 Å². The van der Waals surface area contributed by atoms with Gasteiger partial charge in [-0.05, 0) is 49.4 Å². The fourth-order valence-corrected chi connectivity index (χ4v) is 3.71. The Morgan fingerprint density at radius 1 is 1.11 bits per heavy atom. The molecule has 0 bridgehead atoms. The third-order valence-electron chi connectivity index (χ3n) is 5.47. The van der Waals surface area contributed by atoms with Gasteiger partial charge in [0.15, 0.2) is 5.49 Å². The number of halogens is 3. The minimum Gasteiger partial charge on any atom is -0.462 e. The Labute approximate surface area is 207 Å². The molecule has 0 fully saturated rings. The number of carbonyl (C=O) groups is 2. The van der Waals surface area contributed by atoms with E-state index in [-0.39, 0.29) is 47.4 Å². The number of rotatable bonds is 6. The molecule has 0 aliphatic rings. The van der Waals surface area contributed by atoms with Crippen molar-refractivity contribution in [1.29, 1.82) is 0 Å². The van der Waals surface area contributed by atoms with Crippen molar-refractivity contribution in [1.82, 2.24) is 14.0 Å². The highest BCUT2D eigenvalue weighted by Crippen LogP contribution is 2.29. The Kier molecular flexibility index (Phi) is 7.21. The van der Waals surface area contributed by atoms with Crippen LogP contribution in [-0.4, -0.2) is 46.2 Å². The summed E-state index contributed by atoms with van der Waals surface area (Å²) in [6, 6.07) is 9.75. The minimum atomic E-state index is -4.57. The van der Waals surface area contributed by atoms with Crippen molar-refractivity contribution in [2.24, 2.45) is 4.99 Å². The fourth-order valence-electron chi connectivity index (χ4n) is 3.71. The predicted octanol–water partition coefficient (Wildman–Crippen LogP) is 3.23. The van der Waals surface area contributed by atoms with Crippen LogP contribution in [0.5, 0.6) is 0 Å². The molecule has 192 valence electrons. The third-order valence-corrected chi connectivity index (χ3v) is 5.47. The molecule has 4 aromatic rings. The SMILES string of the molecule is CCOC(=O)c1cc2c(=O)n3ccccc3nc2n(CCOC)c1=NC(=O)c1ccc(C(F)(F)F)cc1. The third kappa shape index (κ3) is 5.14. The summed E-state index contributed by atoms with van der Waals surface area (Å²) in [7, 11) is 1.44. The molecule has 0 aliphatic carbocycles. The van der Waals surface area contributed by atoms with Gasteiger partial charge in [0.2, 0.25) is 0 Å². The summed E-state index contributed by atoms with van der Waals surface area (Å²) in [5.41, 5.74) is -1.41. The molecular weight excluding hydrogens is 493 g/mol. The zero-order valence-corrected chi connectivity index (χ0v) is 19.8. The van der Waals surface area contributed by atoms with Crippen molar-refractivity contribution in [2.45, 2.75) is 19.6 Å². The summed E-state index contributed by atoms with van der Waals surface area (Å²) in [5.74, 6) is -1.74. The van der Waals surface area contributed by atoms with Crippen LogP contribution in [0.3, 0.4) is 0 Å². The van der Waals surface area contributed by atoms with E-state index in [0.717, 1.165) is 24.3 Å². The van der Waals surface area contributed by atoms with Crippen LogP contribution < -0.4 is 11.0 Å². The maximum atomic E-state index is 13.3. The van der Waals surface area contributed by atoms with Gasteiger partial charge in [-0.25, -0.2) is 9.78 Å². The van der Waals surface area contributed by atoms with Gasteiger partial charge in [-0.2, -0.15) is 18.2 Å². The number of pyridine rings is 2. The number of carbonyl (C=O) groups excluding carboxylic acids is 2. The first-order chi connectivity index (χ1) is 17.7. The first-order valence-electron chi connectivity index (χ1n) is 11.1. The maximum Gasteiger partial charge on any atom is 0.416 e. The van der Waals surface area contributed by atoms with E-state index in [9.17, 15) is 27.6 Å². The molecule has 1 aromatic carbocycles. The Balaban J connectivity index is 2.03. The highest BCUT2D eigenvalue weighted by Gasteiger charge is 2.30. The van der Waals surface area contributed by atoms with E-state index in [1.165, 1.54) is 28.3 Å². The Morgan fingerprint density at radius 2 is 1.84 bits per heavy atom. The number of alkyl halides is 3. The number of methoxy groups -OCH3 is 1. The van der Waals surface area contributed by atoms with E-state index >= 15 is 0 Å². The summed E-state index contributed by atoms with van der Waals surface area (Å²) in [5, 5.41) is 0.0729. The predicted molar refractivity (Wildman–Crippen MR) is 126 cm³/mol. The topological polar surface area (TPSA) is 104 Å². The molecular formula is C25H21F3N4O5. The summed E-state index contributed by atoms with van der Waals surface area (Å²) in [6.45, 7) is 1.76. The number of hydrogen-bond donors (Lipinski definition) is 0. The molecule has 0 unspecified atom stereocenters. The second kappa shape index (κ2) is 10.3. The van der Waals surface area contributed by atoms with E-state index in [0.29, 0.717) is 5.65 Å². The van der Waals surface area contributed by atoms with Gasteiger partial charge < -0.3 is 14.0 Å². The monoisotopic (exact) mass is 514 g/mol. The van der Waals surface area contributed by atoms with E-state index < -0.39 is 29.2 Å². The molecule has 12 heteroatoms. The lowest BCUT2D eigenvalue weighted by Crippen LogP contribution is -2.33. The van der Waals surface area contributed by atoms with Crippen LogP contribution in [0.25, 0.3) is 16.7 Å². The number of esters is 1. The van der Waals surface area contributed by atoms with Gasteiger partial charge in [0.05, 0.1) is 24.2 Å². The molecule has 0 spiro atoms. The van der Waals surface area contributed by atoms with Crippen LogP contribution in [-0.2, 0) is 22.2 Å². The standard InChI is InChI=1S/C25H21F3N4O5/c1-3-37-24(35)18-14-17-20(29-19-6-4-5-11-31(19)23(17)34)32(12-13-36-2)21(18)30-22(33)15-7-9-16(10-8-15)25(26,27)28/h4-11,14H,3,12-13H2,1-2H3. The molecule has 9 nitrogen and oxygen atoms in total. The minimum absolute atomic E-state index is 0.0101. The van der Waals surface area contributed by atoms with Gasteiger partial charge in [0, 0.05) is 25.4 Å². The molecule has 4 rings (SSSR count). The second-order valence-corrected chi connectivity index (χ2v) is 7.82. The molecule has 0 saturated heterocycles. The van der Waals surface area contributed by atoms with Gasteiger partial charge in [-0.15, -0.1) is 0 Å². The van der Waals surface area contributed by atoms with Crippen molar-refractivity contribution >= 4 is 28.6 Å². The first kappa shape index (κ1) is 25.8. The van der Waals surface area contributed by atoms with Crippen LogP contribution in [0.2, 0.25) is 0 Å². The highest BCUT2D eigenvalue weighted by molar-refractivity contribution is 5.97. The van der Waals surface area contributed by atoms with Gasteiger partial charge in [-0.3, -0.25) is 14.0 Å². The van der Waals surface area contributed by atoms with Gasteiger partial charge in [-0.1, -0.05) is 6.07 Å². The summed E-state index contributed by atoms with van der Waals surface area (Å²) < 4.78 is 51.8. The lowest BCUT2D eigenvalue weighted by Gasteiger charge is -2.15. The lowest BCUT2D eigenvalue weighted by atomic mass is 10.1. The van der Waals surface area contributed by atoms with Crippen molar-refractivity contribution in [3.8, 4) is 0 Å². The molecule has 0 radical (unpaired) electrons. The molecule has 0 N–H and O–H groups in total. The molecule has 0 aliphatic heterocycles. The Hall–Kier alpha value is -4.32. The number of fused-ring (bicyclic) bond motifs is 2. The normalized spacial score (nSPS) is 12.3. The number of amides is 1. The quantitative estimate of drug-likeness (QED) is 0.289. The average molecular weight is 514 g/mol. The van der Waals surface area contributed by atoms with Crippen molar-refractivity contribution in [2.75, 3.05) is 20.3 Å². The Bertz CT molecular complexity index is 1620. The molecule has 1 amide bonds. The van der Waals surface area contributed by atoms with Crippen LogP contribution in [0.1, 0.15) is 33.2 Å². The fraction of sp³-hybridized carbons (Fsp3) is 0.240. The molecule has 3 aromatic heterocycles. The van der Waals surface area contributed by atoms with Gasteiger partial charge >= 0.3 is 12.1 Å². The lowest BCUT2D eigenvalue weighted by molar-refractivity contribution is -0.137. The number of benzene rings is 1. The van der Waals surface area contributed by atoms with E-state index in [1.807, 2.05) is 0 Å². The maximum absolute atomic E-state index is 13.3. The van der Waals surface area contributed by atoms with E-state index in [1.54, 1.807) is 25.1 Å². The van der Waals surface area contributed by atoms with Crippen LogP contribution in [0.4, 0.5) is 13.2 Å². The number of nitrogens with zero attached hydrogens (tertiary/aromatic N) is 4. The summed E-state index contributed by atoms with van der Waals surface area (Å²) >= 11 is 0. The molecule has 3 heterocycles. The first-order valence-corrected chi connectivity index (χ1v) is 11.1. The molecule has 37 heavy (non-hydrogen) atoms. The van der Waals surface area contributed by atoms with Crippen molar-refractivity contribution in [3.63, 3.8) is 0 Å². The highest BCUT2D eigenvalue weighted by atomic mass is 19.4. The van der Waals surface area contributed by atoms with E-state index in [2.05, 4.69) is 9.98 Å². The van der Waals surface area contributed by atoms with Crippen LogP contribution >= 0.6 is 0 Å². The zero-order chi connectivity index (χ0) is 26.7. The van der Waals surface area contributed by atoms with E-state index in [4.69, 9.17) is 9.47 Å². The number of ether oxygens (including phenoxy) is 2. The van der Waals surface area contributed by atoms with Crippen LogP contribution in [0, 0.1) is 0 Å².